The van der Waals surface area contributed by atoms with E-state index >= 15 is 0 Å². The number of hydrogen-bond donors (Lipinski definition) is 1. The maximum absolute atomic E-state index is 3.96. The van der Waals surface area contributed by atoms with Crippen LogP contribution in [0, 0.1) is 5.92 Å². The van der Waals surface area contributed by atoms with Gasteiger partial charge in [-0.15, -0.1) is 0 Å². The highest BCUT2D eigenvalue weighted by Gasteiger charge is 2.29. The predicted molar refractivity (Wildman–Crippen MR) is 87.5 cm³/mol. The monoisotopic (exact) mass is 277 g/mol. The first-order valence-electron chi connectivity index (χ1n) is 8.23. The van der Waals surface area contributed by atoms with Gasteiger partial charge in [-0.05, 0) is 53.9 Å². The number of hydrogen-bond acceptors (Lipinski definition) is 1. The highest BCUT2D eigenvalue weighted by atomic mass is 15.0. The summed E-state index contributed by atoms with van der Waals surface area (Å²) in [4.78, 5) is 0. The van der Waals surface area contributed by atoms with Crippen LogP contribution in [0.25, 0.3) is 0 Å². The third-order valence-electron chi connectivity index (χ3n) is 5.21. The molecule has 1 nitrogen and oxygen atoms in total. The number of fused-ring (bicyclic) bond motifs is 2. The summed E-state index contributed by atoms with van der Waals surface area (Å²) in [5.41, 5.74) is 5.94. The zero-order valence-electron chi connectivity index (χ0n) is 12.7. The Labute approximate surface area is 127 Å². The topological polar surface area (TPSA) is 12.0 Å². The van der Waals surface area contributed by atoms with Crippen LogP contribution in [0.15, 0.2) is 48.5 Å². The van der Waals surface area contributed by atoms with Gasteiger partial charge in [-0.2, -0.15) is 0 Å². The van der Waals surface area contributed by atoms with Crippen molar-refractivity contribution in [2.75, 3.05) is 0 Å². The minimum absolute atomic E-state index is 0.376. The highest BCUT2D eigenvalue weighted by Crippen LogP contribution is 2.36. The smallest absolute Gasteiger partial charge is 0.0584 e. The van der Waals surface area contributed by atoms with Crippen LogP contribution in [0.3, 0.4) is 0 Å². The lowest BCUT2D eigenvalue weighted by atomic mass is 9.82. The van der Waals surface area contributed by atoms with Crippen molar-refractivity contribution in [3.05, 3.63) is 70.8 Å². The fourth-order valence-electron chi connectivity index (χ4n) is 4.10. The SMILES string of the molecule is CC1CCC(NC2c3ccccc3Cc3ccccc32)C1. The largest absolute Gasteiger partial charge is 0.303 e. The van der Waals surface area contributed by atoms with Crippen LogP contribution in [-0.2, 0) is 6.42 Å². The molecule has 1 N–H and O–H groups in total. The molecule has 2 aliphatic rings. The van der Waals surface area contributed by atoms with Gasteiger partial charge in [0.05, 0.1) is 6.04 Å². The molecule has 2 unspecified atom stereocenters. The Kier molecular flexibility index (Phi) is 3.31. The molecule has 0 heterocycles. The molecule has 0 amide bonds. The lowest BCUT2D eigenvalue weighted by molar-refractivity contribution is 0.459. The van der Waals surface area contributed by atoms with Crippen LogP contribution in [0.5, 0.6) is 0 Å². The molecule has 0 radical (unpaired) electrons. The average Bonchev–Trinajstić information content (AvgIpc) is 2.92. The van der Waals surface area contributed by atoms with Gasteiger partial charge in [-0.25, -0.2) is 0 Å². The molecule has 0 spiro atoms. The Balaban J connectivity index is 1.71. The number of nitrogens with one attached hydrogen (secondary N) is 1. The Hall–Kier alpha value is -1.60. The third kappa shape index (κ3) is 2.40. The van der Waals surface area contributed by atoms with E-state index in [0.717, 1.165) is 12.3 Å². The van der Waals surface area contributed by atoms with E-state index < -0.39 is 0 Å². The Morgan fingerprint density at radius 3 is 2.05 bits per heavy atom. The predicted octanol–water partition coefficient (Wildman–Crippen LogP) is 4.46. The van der Waals surface area contributed by atoms with E-state index in [1.165, 1.54) is 41.5 Å². The van der Waals surface area contributed by atoms with Gasteiger partial charge in [0.1, 0.15) is 0 Å². The van der Waals surface area contributed by atoms with Gasteiger partial charge >= 0.3 is 0 Å². The molecular formula is C20H23N. The molecule has 2 atom stereocenters. The molecule has 21 heavy (non-hydrogen) atoms. The lowest BCUT2D eigenvalue weighted by Crippen LogP contribution is -2.34. The van der Waals surface area contributed by atoms with Crippen LogP contribution in [0.1, 0.15) is 54.5 Å². The van der Waals surface area contributed by atoms with E-state index in [1.54, 1.807) is 0 Å². The van der Waals surface area contributed by atoms with Gasteiger partial charge in [0.2, 0.25) is 0 Å². The molecular weight excluding hydrogens is 254 g/mol. The summed E-state index contributed by atoms with van der Waals surface area (Å²) in [5.74, 6) is 0.872. The fraction of sp³-hybridized carbons (Fsp3) is 0.400. The summed E-state index contributed by atoms with van der Waals surface area (Å²) >= 11 is 0. The number of benzene rings is 2. The molecule has 108 valence electrons. The Bertz CT molecular complexity index is 600. The van der Waals surface area contributed by atoms with Gasteiger partial charge in [-0.3, -0.25) is 0 Å². The van der Waals surface area contributed by atoms with Crippen molar-refractivity contribution >= 4 is 0 Å². The normalized spacial score (nSPS) is 24.6. The van der Waals surface area contributed by atoms with Crippen molar-refractivity contribution < 1.29 is 0 Å². The summed E-state index contributed by atoms with van der Waals surface area (Å²) < 4.78 is 0. The standard InChI is InChI=1S/C20H23N/c1-14-10-11-17(12-14)21-20-18-8-4-2-6-15(18)13-16-7-3-5-9-19(16)20/h2-9,14,17,20-21H,10-13H2,1H3. The second-order valence-corrected chi connectivity index (χ2v) is 6.79. The molecule has 2 aliphatic carbocycles. The first kappa shape index (κ1) is 13.1. The maximum Gasteiger partial charge on any atom is 0.0584 e. The van der Waals surface area contributed by atoms with E-state index in [1.807, 2.05) is 0 Å². The van der Waals surface area contributed by atoms with E-state index in [-0.39, 0.29) is 0 Å². The summed E-state index contributed by atoms with van der Waals surface area (Å²) in [6.45, 7) is 2.38. The van der Waals surface area contributed by atoms with E-state index in [2.05, 4.69) is 60.8 Å². The minimum Gasteiger partial charge on any atom is -0.303 e. The summed E-state index contributed by atoms with van der Waals surface area (Å²) in [7, 11) is 0. The molecule has 0 aliphatic heterocycles. The van der Waals surface area contributed by atoms with Gasteiger partial charge in [-0.1, -0.05) is 55.5 Å². The fourth-order valence-corrected chi connectivity index (χ4v) is 4.10. The van der Waals surface area contributed by atoms with Gasteiger partial charge in [0, 0.05) is 6.04 Å². The second kappa shape index (κ2) is 5.31. The van der Waals surface area contributed by atoms with Crippen LogP contribution < -0.4 is 5.32 Å². The van der Waals surface area contributed by atoms with Crippen LogP contribution in [-0.4, -0.2) is 6.04 Å². The third-order valence-corrected chi connectivity index (χ3v) is 5.21. The van der Waals surface area contributed by atoms with Crippen molar-refractivity contribution in [2.45, 2.75) is 44.7 Å². The van der Waals surface area contributed by atoms with Gasteiger partial charge in [0.25, 0.3) is 0 Å². The second-order valence-electron chi connectivity index (χ2n) is 6.79. The molecule has 1 heteroatoms. The van der Waals surface area contributed by atoms with E-state index in [4.69, 9.17) is 0 Å². The van der Waals surface area contributed by atoms with Gasteiger partial charge < -0.3 is 5.32 Å². The van der Waals surface area contributed by atoms with Crippen LogP contribution >= 0.6 is 0 Å². The molecule has 1 saturated carbocycles. The Morgan fingerprint density at radius 2 is 1.48 bits per heavy atom. The molecule has 0 aromatic heterocycles. The summed E-state index contributed by atoms with van der Waals surface area (Å²) in [5, 5.41) is 3.96. The molecule has 1 fully saturated rings. The minimum atomic E-state index is 0.376. The quantitative estimate of drug-likeness (QED) is 0.854. The molecule has 0 bridgehead atoms. The molecule has 2 aromatic carbocycles. The molecule has 0 saturated heterocycles. The van der Waals surface area contributed by atoms with Crippen molar-refractivity contribution in [3.63, 3.8) is 0 Å². The lowest BCUT2D eigenvalue weighted by Gasteiger charge is -2.31. The van der Waals surface area contributed by atoms with Crippen molar-refractivity contribution in [1.29, 1.82) is 0 Å². The van der Waals surface area contributed by atoms with Gasteiger partial charge in [0.15, 0.2) is 0 Å². The average molecular weight is 277 g/mol. The maximum atomic E-state index is 3.96. The first-order valence-corrected chi connectivity index (χ1v) is 8.23. The molecule has 4 rings (SSSR count). The van der Waals surface area contributed by atoms with E-state index in [9.17, 15) is 0 Å². The molecule has 2 aromatic rings. The highest BCUT2D eigenvalue weighted by molar-refractivity contribution is 5.48. The number of rotatable bonds is 2. The zero-order chi connectivity index (χ0) is 14.2. The van der Waals surface area contributed by atoms with Crippen molar-refractivity contribution in [2.24, 2.45) is 5.92 Å². The van der Waals surface area contributed by atoms with Crippen molar-refractivity contribution in [3.8, 4) is 0 Å². The summed E-state index contributed by atoms with van der Waals surface area (Å²) in [6.07, 6.45) is 5.09. The first-order chi connectivity index (χ1) is 10.3. The zero-order valence-corrected chi connectivity index (χ0v) is 12.7. The van der Waals surface area contributed by atoms with Crippen molar-refractivity contribution in [1.82, 2.24) is 5.32 Å². The van der Waals surface area contributed by atoms with Crippen LogP contribution in [0.4, 0.5) is 0 Å². The Morgan fingerprint density at radius 1 is 0.857 bits per heavy atom. The van der Waals surface area contributed by atoms with E-state index in [0.29, 0.717) is 12.1 Å². The van der Waals surface area contributed by atoms with Crippen LogP contribution in [0.2, 0.25) is 0 Å². The summed E-state index contributed by atoms with van der Waals surface area (Å²) in [6, 6.07) is 18.9.